The van der Waals surface area contributed by atoms with Crippen molar-refractivity contribution in [1.82, 2.24) is 14.9 Å². The van der Waals surface area contributed by atoms with Gasteiger partial charge in [-0.1, -0.05) is 30.0 Å². The third kappa shape index (κ3) is 9.34. The van der Waals surface area contributed by atoms with Crippen LogP contribution in [0.3, 0.4) is 0 Å². The summed E-state index contributed by atoms with van der Waals surface area (Å²) in [4.78, 5) is 33.1. The lowest BCUT2D eigenvalue weighted by Gasteiger charge is -2.22. The number of carboxylic acid groups (broad SMARTS) is 1. The van der Waals surface area contributed by atoms with Crippen LogP contribution in [0.2, 0.25) is 0 Å². The maximum atomic E-state index is 12.3. The van der Waals surface area contributed by atoms with Gasteiger partial charge in [0.05, 0.1) is 12.1 Å². The molecule has 2 N–H and O–H groups in total. The number of unbranched alkanes of at least 4 members (excludes halogenated alkanes) is 1. The highest BCUT2D eigenvalue weighted by molar-refractivity contribution is 8.01. The molecule has 8 nitrogen and oxygen atoms in total. The number of aromatic nitrogens is 2. The summed E-state index contributed by atoms with van der Waals surface area (Å²) in [5, 5.41) is 21.4. The summed E-state index contributed by atoms with van der Waals surface area (Å²) < 4.78 is 29.5. The van der Waals surface area contributed by atoms with Gasteiger partial charge in [-0.2, -0.15) is 8.78 Å². The number of aliphatic hydroxyl groups is 1. The van der Waals surface area contributed by atoms with E-state index in [9.17, 15) is 23.5 Å². The molecule has 0 spiro atoms. The maximum Gasteiger partial charge on any atom is 0.388 e. The average Bonchev–Trinajstić information content (AvgIpc) is 3.44. The Kier molecular flexibility index (Phi) is 11.4. The summed E-state index contributed by atoms with van der Waals surface area (Å²) in [6.07, 6.45) is 6.35. The van der Waals surface area contributed by atoms with Gasteiger partial charge in [0.25, 0.3) is 0 Å². The van der Waals surface area contributed by atoms with E-state index >= 15 is 0 Å². The van der Waals surface area contributed by atoms with E-state index in [0.29, 0.717) is 40.9 Å². The van der Waals surface area contributed by atoms with Crippen LogP contribution in [-0.4, -0.2) is 73.8 Å². The lowest BCUT2D eigenvalue weighted by atomic mass is 10.1. The molecule has 1 aliphatic rings. The first-order valence-electron chi connectivity index (χ1n) is 11.3. The van der Waals surface area contributed by atoms with Gasteiger partial charge in [0, 0.05) is 30.2 Å². The van der Waals surface area contributed by atoms with Gasteiger partial charge in [0.15, 0.2) is 10.0 Å². The van der Waals surface area contributed by atoms with E-state index in [2.05, 4.69) is 14.7 Å². The Morgan fingerprint density at radius 1 is 1.28 bits per heavy atom. The highest BCUT2D eigenvalue weighted by Crippen LogP contribution is 2.26. The number of nitrogens with zero attached hydrogens (tertiary/aromatic N) is 3. The number of hydrogen-bond acceptors (Lipinski definition) is 9. The van der Waals surface area contributed by atoms with Gasteiger partial charge in [-0.3, -0.25) is 4.79 Å². The van der Waals surface area contributed by atoms with E-state index in [1.807, 2.05) is 6.08 Å². The van der Waals surface area contributed by atoms with Crippen molar-refractivity contribution < 1.29 is 33.3 Å². The number of pyridine rings is 1. The fraction of sp³-hybridized carbons (Fsp3) is 0.478. The van der Waals surface area contributed by atoms with Crippen LogP contribution in [0.1, 0.15) is 42.6 Å². The summed E-state index contributed by atoms with van der Waals surface area (Å²) in [6.45, 7) is -2.39. The third-order valence-electron chi connectivity index (χ3n) is 5.24. The number of aliphatic hydroxyl groups excluding tert-OH is 1. The Balaban J connectivity index is 1.34. The lowest BCUT2D eigenvalue weighted by Crippen LogP contribution is -2.33. The molecule has 36 heavy (non-hydrogen) atoms. The van der Waals surface area contributed by atoms with Crippen LogP contribution in [-0.2, 0) is 4.79 Å². The quantitative estimate of drug-likeness (QED) is 0.180. The molecular formula is C23H27F2N3O5S3. The average molecular weight is 560 g/mol. The molecule has 0 bridgehead atoms. The molecule has 0 saturated carbocycles. The van der Waals surface area contributed by atoms with Crippen molar-refractivity contribution in [2.45, 2.75) is 60.2 Å². The fourth-order valence-electron chi connectivity index (χ4n) is 3.52. The molecule has 1 fully saturated rings. The number of halogens is 2. The van der Waals surface area contributed by atoms with Crippen molar-refractivity contribution in [3.8, 4) is 5.88 Å². The molecule has 196 valence electrons. The van der Waals surface area contributed by atoms with Crippen molar-refractivity contribution in [1.29, 1.82) is 0 Å². The molecule has 2 atom stereocenters. The van der Waals surface area contributed by atoms with Crippen LogP contribution in [0.5, 0.6) is 5.88 Å². The van der Waals surface area contributed by atoms with Gasteiger partial charge in [0.2, 0.25) is 11.8 Å². The molecule has 1 aliphatic heterocycles. The van der Waals surface area contributed by atoms with Crippen molar-refractivity contribution in [2.75, 3.05) is 18.1 Å². The van der Waals surface area contributed by atoms with E-state index in [4.69, 9.17) is 5.11 Å². The molecule has 0 aliphatic carbocycles. The number of aromatic carboxylic acids is 1. The summed E-state index contributed by atoms with van der Waals surface area (Å²) in [7, 11) is 0. The predicted octanol–water partition coefficient (Wildman–Crippen LogP) is 4.80. The number of hydrogen-bond donors (Lipinski definition) is 2. The van der Waals surface area contributed by atoms with Gasteiger partial charge in [0.1, 0.15) is 5.03 Å². The second kappa shape index (κ2) is 14.5. The maximum absolute atomic E-state index is 12.3. The molecule has 0 radical (unpaired) electrons. The smallest absolute Gasteiger partial charge is 0.388 e. The monoisotopic (exact) mass is 559 g/mol. The molecular weight excluding hydrogens is 532 g/mol. The zero-order valence-corrected chi connectivity index (χ0v) is 21.7. The Hall–Kier alpha value is -2.22. The molecule has 3 heterocycles. The number of alkyl halides is 2. The molecule has 0 aromatic carbocycles. The normalized spacial score (nSPS) is 16.8. The Morgan fingerprint density at radius 3 is 2.86 bits per heavy atom. The number of thiazole rings is 1. The first kappa shape index (κ1) is 28.4. The van der Waals surface area contributed by atoms with E-state index in [1.54, 1.807) is 23.1 Å². The number of carboxylic acids is 1. The van der Waals surface area contributed by atoms with Crippen LogP contribution in [0, 0.1) is 0 Å². The first-order chi connectivity index (χ1) is 17.3. The van der Waals surface area contributed by atoms with Crippen molar-refractivity contribution in [2.24, 2.45) is 0 Å². The Morgan fingerprint density at radius 2 is 2.11 bits per heavy atom. The van der Waals surface area contributed by atoms with Crippen LogP contribution >= 0.6 is 34.9 Å². The van der Waals surface area contributed by atoms with E-state index in [1.165, 1.54) is 46.3 Å². The lowest BCUT2D eigenvalue weighted by molar-refractivity contribution is -0.128. The second-order valence-corrected chi connectivity index (χ2v) is 11.1. The van der Waals surface area contributed by atoms with Crippen LogP contribution in [0.15, 0.2) is 45.1 Å². The molecule has 3 rings (SSSR count). The second-order valence-electron chi connectivity index (χ2n) is 7.83. The number of rotatable bonds is 15. The van der Waals surface area contributed by atoms with Gasteiger partial charge < -0.3 is 19.8 Å². The molecule has 2 aromatic heterocycles. The molecule has 13 heteroatoms. The SMILES string of the molecule is O=C(O)c1csc(SCCN2C(=O)CC[C@@H]2/C=C/[C@@H](O)CCCCSc2cccc(OC(F)F)n2)n1. The minimum absolute atomic E-state index is 0.0264. The van der Waals surface area contributed by atoms with Crippen LogP contribution < -0.4 is 4.74 Å². The minimum Gasteiger partial charge on any atom is -0.476 e. The highest BCUT2D eigenvalue weighted by Gasteiger charge is 2.28. The first-order valence-corrected chi connectivity index (χ1v) is 14.2. The third-order valence-corrected chi connectivity index (χ3v) is 8.26. The highest BCUT2D eigenvalue weighted by atomic mass is 32.2. The van der Waals surface area contributed by atoms with Gasteiger partial charge >= 0.3 is 12.6 Å². The number of carbonyl (C=O) groups excluding carboxylic acids is 1. The fourth-order valence-corrected chi connectivity index (χ4v) is 6.21. The topological polar surface area (TPSA) is 113 Å². The van der Waals surface area contributed by atoms with Gasteiger partial charge in [-0.25, -0.2) is 14.8 Å². The molecule has 1 saturated heterocycles. The summed E-state index contributed by atoms with van der Waals surface area (Å²) in [5.74, 6) is 0.245. The number of ether oxygens (including phenoxy) is 1. The largest absolute Gasteiger partial charge is 0.476 e. The van der Waals surface area contributed by atoms with E-state index in [-0.39, 0.29) is 23.5 Å². The number of likely N-dealkylation sites (tertiary alicyclic amines) is 1. The Bertz CT molecular complexity index is 1040. The van der Waals surface area contributed by atoms with Gasteiger partial charge in [-0.15, -0.1) is 23.1 Å². The van der Waals surface area contributed by atoms with E-state index in [0.717, 1.165) is 18.6 Å². The molecule has 0 unspecified atom stereocenters. The van der Waals surface area contributed by atoms with Crippen LogP contribution in [0.4, 0.5) is 8.78 Å². The summed E-state index contributed by atoms with van der Waals surface area (Å²) in [5.41, 5.74) is 0.0264. The Labute approximate surface area is 220 Å². The standard InChI is InChI=1S/C23H27F2N3O5S3/c24-22(25)33-18-5-3-6-19(27-18)34-12-2-1-4-16(29)9-7-15-8-10-20(30)28(15)11-13-35-23-26-17(14-36-23)21(31)32/h3,5-7,9,14-16,22,29H,1-2,4,8,10-13H2,(H,31,32)/b9-7+/t15-,16-/m0/s1. The minimum atomic E-state index is -2.90. The van der Waals surface area contributed by atoms with Crippen LogP contribution in [0.25, 0.3) is 0 Å². The molecule has 2 aromatic rings. The predicted molar refractivity (Wildman–Crippen MR) is 135 cm³/mol. The molecule has 1 amide bonds. The van der Waals surface area contributed by atoms with Crippen molar-refractivity contribution in [3.05, 3.63) is 41.4 Å². The van der Waals surface area contributed by atoms with Gasteiger partial charge in [-0.05, 0) is 37.5 Å². The number of carbonyl (C=O) groups is 2. The van der Waals surface area contributed by atoms with E-state index < -0.39 is 18.7 Å². The zero-order valence-electron chi connectivity index (χ0n) is 19.3. The zero-order chi connectivity index (χ0) is 25.9. The van der Waals surface area contributed by atoms with Crippen molar-refractivity contribution in [3.63, 3.8) is 0 Å². The number of amides is 1. The summed E-state index contributed by atoms with van der Waals surface area (Å²) in [6, 6.07) is 4.67. The number of thioether (sulfide) groups is 2. The van der Waals surface area contributed by atoms with Crippen molar-refractivity contribution >= 4 is 46.7 Å². The summed E-state index contributed by atoms with van der Waals surface area (Å²) >= 11 is 4.13.